The van der Waals surface area contributed by atoms with Crippen molar-refractivity contribution in [2.45, 2.75) is 38.7 Å². The van der Waals surface area contributed by atoms with Gasteiger partial charge >= 0.3 is 5.97 Å². The van der Waals surface area contributed by atoms with Gasteiger partial charge in [0.05, 0.1) is 25.2 Å². The molecule has 92 valence electrons. The van der Waals surface area contributed by atoms with Crippen molar-refractivity contribution in [3.8, 4) is 0 Å². The number of ether oxygens (including phenoxy) is 2. The van der Waals surface area contributed by atoms with Crippen LogP contribution in [-0.4, -0.2) is 31.8 Å². The Hall–Kier alpha value is -0.610. The number of nitrogens with two attached hydrogens (primary N) is 1. The molecule has 0 aromatic rings. The second kappa shape index (κ2) is 4.72. The van der Waals surface area contributed by atoms with Crippen molar-refractivity contribution in [2.75, 3.05) is 19.8 Å². The molecule has 1 atom stereocenters. The first-order valence-corrected chi connectivity index (χ1v) is 6.17. The van der Waals surface area contributed by atoms with E-state index in [-0.39, 0.29) is 23.4 Å². The Balaban J connectivity index is 1.77. The maximum absolute atomic E-state index is 11.5. The first-order valence-electron chi connectivity index (χ1n) is 6.17. The third kappa shape index (κ3) is 2.23. The normalized spacial score (nSPS) is 38.1. The van der Waals surface area contributed by atoms with Crippen molar-refractivity contribution in [2.24, 2.45) is 17.1 Å². The molecule has 2 fully saturated rings. The van der Waals surface area contributed by atoms with Gasteiger partial charge in [0.1, 0.15) is 0 Å². The van der Waals surface area contributed by atoms with Gasteiger partial charge < -0.3 is 15.2 Å². The molecule has 1 saturated heterocycles. The number of hydrogen-bond acceptors (Lipinski definition) is 4. The first kappa shape index (κ1) is 11.9. The zero-order valence-electron chi connectivity index (χ0n) is 9.91. The summed E-state index contributed by atoms with van der Waals surface area (Å²) in [5.74, 6) is 0.0760. The van der Waals surface area contributed by atoms with E-state index >= 15 is 0 Å². The van der Waals surface area contributed by atoms with Gasteiger partial charge in [0.25, 0.3) is 0 Å². The van der Waals surface area contributed by atoms with Crippen LogP contribution in [0.1, 0.15) is 32.6 Å². The molecule has 0 aromatic heterocycles. The Morgan fingerprint density at radius 3 is 2.81 bits per heavy atom. The summed E-state index contributed by atoms with van der Waals surface area (Å²) in [4.78, 5) is 11.5. The summed E-state index contributed by atoms with van der Waals surface area (Å²) in [6.07, 6.45) is 4.27. The maximum Gasteiger partial charge on any atom is 0.308 e. The van der Waals surface area contributed by atoms with E-state index < -0.39 is 0 Å². The zero-order valence-corrected chi connectivity index (χ0v) is 9.91. The lowest BCUT2D eigenvalue weighted by atomic mass is 9.59. The van der Waals surface area contributed by atoms with Gasteiger partial charge in [-0.25, -0.2) is 0 Å². The van der Waals surface area contributed by atoms with Gasteiger partial charge in [0.15, 0.2) is 0 Å². The van der Waals surface area contributed by atoms with E-state index in [0.717, 1.165) is 32.3 Å². The summed E-state index contributed by atoms with van der Waals surface area (Å²) in [6.45, 7) is 3.71. The van der Waals surface area contributed by atoms with Gasteiger partial charge in [-0.2, -0.15) is 0 Å². The third-order valence-electron chi connectivity index (χ3n) is 3.86. The summed E-state index contributed by atoms with van der Waals surface area (Å²) in [6, 6.07) is 0. The highest BCUT2D eigenvalue weighted by molar-refractivity contribution is 5.73. The standard InChI is InChI=1S/C12H21NO3/c1-2-15-11(14)9-5-12(6-9)4-3-10(7-13)16-8-12/h9-10H,2-8,13H2,1H3. The zero-order chi connectivity index (χ0) is 11.6. The lowest BCUT2D eigenvalue weighted by Gasteiger charge is -2.50. The van der Waals surface area contributed by atoms with Crippen molar-refractivity contribution < 1.29 is 14.3 Å². The highest BCUT2D eigenvalue weighted by Gasteiger charge is 2.49. The summed E-state index contributed by atoms with van der Waals surface area (Å²) < 4.78 is 10.7. The Bertz CT molecular complexity index is 251. The van der Waals surface area contributed by atoms with Gasteiger partial charge in [-0.15, -0.1) is 0 Å². The van der Waals surface area contributed by atoms with Crippen molar-refractivity contribution in [1.82, 2.24) is 0 Å². The number of esters is 1. The molecule has 4 nitrogen and oxygen atoms in total. The summed E-state index contributed by atoms with van der Waals surface area (Å²) in [5.41, 5.74) is 5.82. The fourth-order valence-corrected chi connectivity index (χ4v) is 2.84. The molecule has 0 aromatic carbocycles. The minimum Gasteiger partial charge on any atom is -0.466 e. The molecule has 2 rings (SSSR count). The summed E-state index contributed by atoms with van der Waals surface area (Å²) in [5, 5.41) is 0. The monoisotopic (exact) mass is 227 g/mol. The topological polar surface area (TPSA) is 61.5 Å². The second-order valence-corrected chi connectivity index (χ2v) is 5.06. The molecule has 1 heterocycles. The molecule has 0 amide bonds. The molecule has 2 N–H and O–H groups in total. The second-order valence-electron chi connectivity index (χ2n) is 5.06. The lowest BCUT2D eigenvalue weighted by Crippen LogP contribution is -2.49. The maximum atomic E-state index is 11.5. The minimum absolute atomic E-state index is 0.0333. The molecule has 1 saturated carbocycles. The Morgan fingerprint density at radius 1 is 1.56 bits per heavy atom. The highest BCUT2D eigenvalue weighted by atomic mass is 16.5. The van der Waals surface area contributed by atoms with Crippen LogP contribution in [0.2, 0.25) is 0 Å². The van der Waals surface area contributed by atoms with Crippen molar-refractivity contribution >= 4 is 5.97 Å². The van der Waals surface area contributed by atoms with Crippen LogP contribution in [0.25, 0.3) is 0 Å². The Morgan fingerprint density at radius 2 is 2.31 bits per heavy atom. The number of rotatable bonds is 3. The van der Waals surface area contributed by atoms with E-state index in [0.29, 0.717) is 13.2 Å². The van der Waals surface area contributed by atoms with Gasteiger partial charge in [0, 0.05) is 6.54 Å². The predicted octanol–water partition coefficient (Wildman–Crippen LogP) is 1.08. The van der Waals surface area contributed by atoms with E-state index in [4.69, 9.17) is 15.2 Å². The van der Waals surface area contributed by atoms with E-state index in [1.165, 1.54) is 0 Å². The van der Waals surface area contributed by atoms with Crippen molar-refractivity contribution in [3.63, 3.8) is 0 Å². The molecule has 2 aliphatic rings. The lowest BCUT2D eigenvalue weighted by molar-refractivity contribution is -0.167. The number of hydrogen-bond donors (Lipinski definition) is 1. The predicted molar refractivity (Wildman–Crippen MR) is 59.8 cm³/mol. The number of carbonyl (C=O) groups is 1. The van der Waals surface area contributed by atoms with Gasteiger partial charge in [0.2, 0.25) is 0 Å². The van der Waals surface area contributed by atoms with Crippen LogP contribution in [0.3, 0.4) is 0 Å². The van der Waals surface area contributed by atoms with Crippen LogP contribution in [-0.2, 0) is 14.3 Å². The fraction of sp³-hybridized carbons (Fsp3) is 0.917. The Labute approximate surface area is 96.5 Å². The van der Waals surface area contributed by atoms with Crippen LogP contribution >= 0.6 is 0 Å². The van der Waals surface area contributed by atoms with E-state index in [1.807, 2.05) is 6.92 Å². The van der Waals surface area contributed by atoms with Crippen LogP contribution in [0.4, 0.5) is 0 Å². The van der Waals surface area contributed by atoms with Crippen LogP contribution in [0, 0.1) is 11.3 Å². The molecular weight excluding hydrogens is 206 g/mol. The smallest absolute Gasteiger partial charge is 0.308 e. The minimum atomic E-state index is -0.0333. The molecule has 0 bridgehead atoms. The molecule has 1 unspecified atom stereocenters. The van der Waals surface area contributed by atoms with E-state index in [2.05, 4.69) is 0 Å². The molecule has 1 aliphatic heterocycles. The van der Waals surface area contributed by atoms with Gasteiger partial charge in [-0.1, -0.05) is 0 Å². The molecule has 1 spiro atoms. The Kier molecular flexibility index (Phi) is 3.50. The fourth-order valence-electron chi connectivity index (χ4n) is 2.84. The largest absolute Gasteiger partial charge is 0.466 e. The third-order valence-corrected chi connectivity index (χ3v) is 3.86. The molecule has 16 heavy (non-hydrogen) atoms. The first-order chi connectivity index (χ1) is 7.69. The number of carbonyl (C=O) groups excluding carboxylic acids is 1. The quantitative estimate of drug-likeness (QED) is 0.733. The van der Waals surface area contributed by atoms with Gasteiger partial charge in [-0.3, -0.25) is 4.79 Å². The summed E-state index contributed by atoms with van der Waals surface area (Å²) >= 11 is 0. The van der Waals surface area contributed by atoms with Gasteiger partial charge in [-0.05, 0) is 38.0 Å². The highest BCUT2D eigenvalue weighted by Crippen LogP contribution is 2.51. The van der Waals surface area contributed by atoms with E-state index in [9.17, 15) is 4.79 Å². The average molecular weight is 227 g/mol. The average Bonchev–Trinajstić information content (AvgIpc) is 2.26. The van der Waals surface area contributed by atoms with Crippen LogP contribution < -0.4 is 5.73 Å². The molecule has 0 radical (unpaired) electrons. The molecular formula is C12H21NO3. The molecule has 4 heteroatoms. The van der Waals surface area contributed by atoms with Crippen LogP contribution in [0.5, 0.6) is 0 Å². The van der Waals surface area contributed by atoms with E-state index in [1.54, 1.807) is 0 Å². The summed E-state index contributed by atoms with van der Waals surface area (Å²) in [7, 11) is 0. The van der Waals surface area contributed by atoms with Crippen LogP contribution in [0.15, 0.2) is 0 Å². The SMILES string of the molecule is CCOC(=O)C1CC2(CCC(CN)OC2)C1. The molecule has 1 aliphatic carbocycles. The van der Waals surface area contributed by atoms with Crippen molar-refractivity contribution in [3.05, 3.63) is 0 Å². The van der Waals surface area contributed by atoms with Crippen molar-refractivity contribution in [1.29, 1.82) is 0 Å².